The van der Waals surface area contributed by atoms with Gasteiger partial charge in [0.15, 0.2) is 0 Å². The molecule has 1 aromatic heterocycles. The van der Waals surface area contributed by atoms with E-state index in [0.717, 1.165) is 16.5 Å². The summed E-state index contributed by atoms with van der Waals surface area (Å²) < 4.78 is 1.85. The average molecular weight is 292 g/mol. The number of anilines is 1. The van der Waals surface area contributed by atoms with Gasteiger partial charge < -0.3 is 9.88 Å². The van der Waals surface area contributed by atoms with Gasteiger partial charge in [-0.05, 0) is 30.7 Å². The van der Waals surface area contributed by atoms with Gasteiger partial charge in [0.25, 0.3) is 11.7 Å². The van der Waals surface area contributed by atoms with Crippen LogP contribution in [0.1, 0.15) is 15.9 Å². The van der Waals surface area contributed by atoms with Crippen LogP contribution in [0.5, 0.6) is 0 Å². The normalized spacial score (nSPS) is 10.6. The summed E-state index contributed by atoms with van der Waals surface area (Å²) in [4.78, 5) is 24.6. The third-order valence-corrected chi connectivity index (χ3v) is 3.62. The molecule has 0 radical (unpaired) electrons. The van der Waals surface area contributed by atoms with Gasteiger partial charge in [0.1, 0.15) is 0 Å². The van der Waals surface area contributed by atoms with E-state index < -0.39 is 11.7 Å². The van der Waals surface area contributed by atoms with Gasteiger partial charge in [-0.1, -0.05) is 30.3 Å². The van der Waals surface area contributed by atoms with Gasteiger partial charge in [-0.2, -0.15) is 0 Å². The van der Waals surface area contributed by atoms with Gasteiger partial charge in [-0.3, -0.25) is 9.59 Å². The van der Waals surface area contributed by atoms with Crippen LogP contribution in [0.3, 0.4) is 0 Å². The maximum absolute atomic E-state index is 12.4. The Morgan fingerprint density at radius 3 is 2.59 bits per heavy atom. The summed E-state index contributed by atoms with van der Waals surface area (Å²) in [6.07, 6.45) is 1.70. The van der Waals surface area contributed by atoms with Crippen molar-refractivity contribution in [2.75, 3.05) is 5.32 Å². The number of aryl methyl sites for hydroxylation is 2. The Bertz CT molecular complexity index is 878. The van der Waals surface area contributed by atoms with Crippen molar-refractivity contribution in [2.45, 2.75) is 6.92 Å². The smallest absolute Gasteiger partial charge is 0.296 e. The van der Waals surface area contributed by atoms with Gasteiger partial charge in [0.05, 0.1) is 5.56 Å². The molecule has 3 rings (SSSR count). The van der Waals surface area contributed by atoms with Gasteiger partial charge in [-0.25, -0.2) is 0 Å². The number of fused-ring (bicyclic) bond motifs is 1. The number of amides is 1. The second-order valence-corrected chi connectivity index (χ2v) is 5.32. The monoisotopic (exact) mass is 292 g/mol. The van der Waals surface area contributed by atoms with Gasteiger partial charge in [0, 0.05) is 29.8 Å². The fourth-order valence-electron chi connectivity index (χ4n) is 2.56. The zero-order chi connectivity index (χ0) is 15.7. The molecule has 0 aliphatic carbocycles. The third kappa shape index (κ3) is 2.51. The number of hydrogen-bond donors (Lipinski definition) is 1. The molecule has 0 saturated heterocycles. The van der Waals surface area contributed by atoms with Crippen molar-refractivity contribution in [3.63, 3.8) is 0 Å². The number of ketones is 1. The first-order valence-corrected chi connectivity index (χ1v) is 7.02. The number of benzene rings is 2. The van der Waals surface area contributed by atoms with Crippen molar-refractivity contribution in [1.29, 1.82) is 0 Å². The maximum Gasteiger partial charge on any atom is 0.296 e. The molecule has 0 unspecified atom stereocenters. The van der Waals surface area contributed by atoms with E-state index in [4.69, 9.17) is 0 Å². The Labute approximate surface area is 128 Å². The van der Waals surface area contributed by atoms with Crippen LogP contribution in [-0.4, -0.2) is 16.3 Å². The van der Waals surface area contributed by atoms with Crippen LogP contribution >= 0.6 is 0 Å². The standard InChI is InChI=1S/C18H16N2O2/c1-12-6-5-7-13(10-12)19-18(22)17(21)15-11-20(2)16-9-4-3-8-14(15)16/h3-11H,1-2H3,(H,19,22). The van der Waals surface area contributed by atoms with E-state index in [1.807, 2.05) is 61.0 Å². The van der Waals surface area contributed by atoms with E-state index >= 15 is 0 Å². The Kier molecular flexibility index (Phi) is 3.51. The van der Waals surface area contributed by atoms with Crippen molar-refractivity contribution < 1.29 is 9.59 Å². The fraction of sp³-hybridized carbons (Fsp3) is 0.111. The highest BCUT2D eigenvalue weighted by Gasteiger charge is 2.20. The maximum atomic E-state index is 12.4. The van der Waals surface area contributed by atoms with Gasteiger partial charge in [0.2, 0.25) is 0 Å². The first kappa shape index (κ1) is 14.1. The molecule has 0 saturated carbocycles. The number of nitrogens with zero attached hydrogens (tertiary/aromatic N) is 1. The quantitative estimate of drug-likeness (QED) is 0.595. The minimum atomic E-state index is -0.623. The second-order valence-electron chi connectivity index (χ2n) is 5.32. The van der Waals surface area contributed by atoms with E-state index in [2.05, 4.69) is 5.32 Å². The van der Waals surface area contributed by atoms with Crippen LogP contribution in [0.15, 0.2) is 54.7 Å². The van der Waals surface area contributed by atoms with Crippen molar-refractivity contribution in [1.82, 2.24) is 4.57 Å². The van der Waals surface area contributed by atoms with E-state index in [1.54, 1.807) is 12.3 Å². The highest BCUT2D eigenvalue weighted by molar-refractivity contribution is 6.48. The summed E-state index contributed by atoms with van der Waals surface area (Å²) in [6, 6.07) is 14.9. The van der Waals surface area contributed by atoms with Crippen molar-refractivity contribution in [3.05, 3.63) is 65.9 Å². The molecule has 0 bridgehead atoms. The summed E-state index contributed by atoms with van der Waals surface area (Å²) in [5.74, 6) is -1.15. The van der Waals surface area contributed by atoms with E-state index in [-0.39, 0.29) is 0 Å². The number of aromatic nitrogens is 1. The second kappa shape index (κ2) is 5.48. The summed E-state index contributed by atoms with van der Waals surface area (Å²) in [5, 5.41) is 3.44. The summed E-state index contributed by atoms with van der Waals surface area (Å²) in [6.45, 7) is 1.93. The third-order valence-electron chi connectivity index (χ3n) is 3.62. The average Bonchev–Trinajstić information content (AvgIpc) is 2.84. The molecule has 4 nitrogen and oxygen atoms in total. The highest BCUT2D eigenvalue weighted by Crippen LogP contribution is 2.21. The molecule has 4 heteroatoms. The lowest BCUT2D eigenvalue weighted by atomic mass is 10.1. The fourth-order valence-corrected chi connectivity index (χ4v) is 2.56. The minimum Gasteiger partial charge on any atom is -0.350 e. The van der Waals surface area contributed by atoms with Gasteiger partial charge >= 0.3 is 0 Å². The molecule has 0 atom stereocenters. The molecule has 0 spiro atoms. The molecule has 0 aliphatic heterocycles. The lowest BCUT2D eigenvalue weighted by Crippen LogP contribution is -2.22. The molecule has 0 aliphatic rings. The number of rotatable bonds is 3. The molecule has 3 aromatic rings. The van der Waals surface area contributed by atoms with E-state index in [1.165, 1.54) is 0 Å². The SMILES string of the molecule is Cc1cccc(NC(=O)C(=O)c2cn(C)c3ccccc23)c1. The Hall–Kier alpha value is -2.88. The van der Waals surface area contributed by atoms with Crippen molar-refractivity contribution in [3.8, 4) is 0 Å². The van der Waals surface area contributed by atoms with Crippen LogP contribution in [0, 0.1) is 6.92 Å². The lowest BCUT2D eigenvalue weighted by molar-refractivity contribution is -0.112. The van der Waals surface area contributed by atoms with Crippen molar-refractivity contribution >= 4 is 28.3 Å². The molecule has 1 N–H and O–H groups in total. The number of Topliss-reactive ketones (excluding diaryl/α,β-unsaturated/α-hetero) is 1. The van der Waals surface area contributed by atoms with Crippen LogP contribution in [0.4, 0.5) is 5.69 Å². The number of carbonyl (C=O) groups is 2. The summed E-state index contributed by atoms with van der Waals surface area (Å²) in [7, 11) is 1.86. The van der Waals surface area contributed by atoms with Gasteiger partial charge in [-0.15, -0.1) is 0 Å². The number of para-hydroxylation sites is 1. The summed E-state index contributed by atoms with van der Waals surface area (Å²) >= 11 is 0. The molecule has 1 amide bonds. The predicted molar refractivity (Wildman–Crippen MR) is 87.1 cm³/mol. The predicted octanol–water partition coefficient (Wildman–Crippen LogP) is 3.31. The topological polar surface area (TPSA) is 51.1 Å². The molecule has 0 fully saturated rings. The van der Waals surface area contributed by atoms with Crippen molar-refractivity contribution in [2.24, 2.45) is 7.05 Å². The van der Waals surface area contributed by atoms with Crippen LogP contribution in [0.25, 0.3) is 10.9 Å². The summed E-state index contributed by atoms with van der Waals surface area (Å²) in [5.41, 5.74) is 2.99. The van der Waals surface area contributed by atoms with Crippen LogP contribution in [0.2, 0.25) is 0 Å². The first-order chi connectivity index (χ1) is 10.6. The first-order valence-electron chi connectivity index (χ1n) is 7.02. The Balaban J connectivity index is 1.91. The molecule has 2 aromatic carbocycles. The lowest BCUT2D eigenvalue weighted by Gasteiger charge is -2.04. The molecule has 1 heterocycles. The van der Waals surface area contributed by atoms with E-state index in [9.17, 15) is 9.59 Å². The molecule has 110 valence electrons. The minimum absolute atomic E-state index is 0.420. The zero-order valence-corrected chi connectivity index (χ0v) is 12.5. The van der Waals surface area contributed by atoms with E-state index in [0.29, 0.717) is 11.3 Å². The Morgan fingerprint density at radius 2 is 1.82 bits per heavy atom. The number of carbonyl (C=O) groups excluding carboxylic acids is 2. The molecular formula is C18H16N2O2. The zero-order valence-electron chi connectivity index (χ0n) is 12.5. The number of hydrogen-bond acceptors (Lipinski definition) is 2. The Morgan fingerprint density at radius 1 is 1.05 bits per heavy atom. The highest BCUT2D eigenvalue weighted by atomic mass is 16.2. The van der Waals surface area contributed by atoms with Crippen LogP contribution in [-0.2, 0) is 11.8 Å². The molecule has 22 heavy (non-hydrogen) atoms. The largest absolute Gasteiger partial charge is 0.350 e. The molecular weight excluding hydrogens is 276 g/mol. The van der Waals surface area contributed by atoms with Crippen LogP contribution < -0.4 is 5.32 Å². The number of nitrogens with one attached hydrogen (secondary N) is 1.